The highest BCUT2D eigenvalue weighted by atomic mass is 16.4. The zero-order valence-electron chi connectivity index (χ0n) is 16.3. The topological polar surface area (TPSA) is 72.9 Å². The van der Waals surface area contributed by atoms with Crippen LogP contribution < -0.4 is 10.2 Å². The molecule has 0 saturated carbocycles. The smallest absolute Gasteiger partial charge is 0.303 e. The number of nitrogens with zero attached hydrogens (tertiary/aromatic N) is 2. The van der Waals surface area contributed by atoms with Crippen molar-refractivity contribution >= 4 is 17.6 Å². The van der Waals surface area contributed by atoms with Crippen molar-refractivity contribution in [2.24, 2.45) is 0 Å². The van der Waals surface area contributed by atoms with Gasteiger partial charge in [0.25, 0.3) is 5.91 Å². The summed E-state index contributed by atoms with van der Waals surface area (Å²) in [6.45, 7) is 12.2. The van der Waals surface area contributed by atoms with Crippen LogP contribution in [0.15, 0.2) is 24.3 Å². The molecule has 0 unspecified atom stereocenters. The molecule has 0 radical (unpaired) electrons. The lowest BCUT2D eigenvalue weighted by atomic mass is 9.97. The van der Waals surface area contributed by atoms with E-state index in [9.17, 15) is 9.59 Å². The lowest BCUT2D eigenvalue weighted by Gasteiger charge is -2.38. The maximum atomic E-state index is 12.4. The van der Waals surface area contributed by atoms with Crippen LogP contribution in [-0.2, 0) is 4.79 Å². The molecule has 1 aromatic carbocycles. The summed E-state index contributed by atoms with van der Waals surface area (Å²) in [5.41, 5.74) is 1.18. The van der Waals surface area contributed by atoms with Crippen LogP contribution in [0.1, 0.15) is 50.9 Å². The molecule has 1 heterocycles. The summed E-state index contributed by atoms with van der Waals surface area (Å²) in [6, 6.07) is 8.24. The lowest BCUT2D eigenvalue weighted by molar-refractivity contribution is -0.137. The van der Waals surface area contributed by atoms with Gasteiger partial charge in [-0.2, -0.15) is 0 Å². The molecule has 0 aromatic heterocycles. The fourth-order valence-electron chi connectivity index (χ4n) is 3.18. The second-order valence-corrected chi connectivity index (χ2v) is 7.90. The SMILES string of the molecule is CC(C)N1CCN(c2ccc(C(=O)NC(C)(C)CCC(=O)O)cc2)CC1. The van der Waals surface area contributed by atoms with Crippen LogP contribution in [-0.4, -0.2) is 59.6 Å². The van der Waals surface area contributed by atoms with Crippen LogP contribution in [0.2, 0.25) is 0 Å². The molecule has 1 aliphatic rings. The number of benzene rings is 1. The Balaban J connectivity index is 1.92. The van der Waals surface area contributed by atoms with Crippen molar-refractivity contribution in [3.8, 4) is 0 Å². The highest BCUT2D eigenvalue weighted by Crippen LogP contribution is 2.19. The number of nitrogens with one attached hydrogen (secondary N) is 1. The normalized spacial score (nSPS) is 16.0. The zero-order valence-corrected chi connectivity index (χ0v) is 16.3. The number of anilines is 1. The minimum absolute atomic E-state index is 0.0363. The molecule has 1 aliphatic heterocycles. The van der Waals surface area contributed by atoms with E-state index >= 15 is 0 Å². The Kier molecular flexibility index (Phi) is 6.64. The van der Waals surface area contributed by atoms with Crippen molar-refractivity contribution in [3.05, 3.63) is 29.8 Å². The highest BCUT2D eigenvalue weighted by Gasteiger charge is 2.23. The zero-order chi connectivity index (χ0) is 19.3. The van der Waals surface area contributed by atoms with Gasteiger partial charge >= 0.3 is 5.97 Å². The quantitative estimate of drug-likeness (QED) is 0.781. The first-order valence-corrected chi connectivity index (χ1v) is 9.31. The molecule has 2 rings (SSSR count). The molecular formula is C20H31N3O3. The molecule has 0 bridgehead atoms. The van der Waals surface area contributed by atoms with E-state index in [-0.39, 0.29) is 12.3 Å². The summed E-state index contributed by atoms with van der Waals surface area (Å²) >= 11 is 0. The predicted molar refractivity (Wildman–Crippen MR) is 104 cm³/mol. The third-order valence-corrected chi connectivity index (χ3v) is 4.95. The van der Waals surface area contributed by atoms with E-state index in [2.05, 4.69) is 29.0 Å². The Hall–Kier alpha value is -2.08. The predicted octanol–water partition coefficient (Wildman–Crippen LogP) is 2.59. The maximum Gasteiger partial charge on any atom is 0.303 e. The van der Waals surface area contributed by atoms with Gasteiger partial charge in [-0.15, -0.1) is 0 Å². The van der Waals surface area contributed by atoms with Crippen LogP contribution in [0.4, 0.5) is 5.69 Å². The van der Waals surface area contributed by atoms with Crippen molar-refractivity contribution in [2.45, 2.75) is 52.1 Å². The van der Waals surface area contributed by atoms with Gasteiger partial charge in [-0.25, -0.2) is 0 Å². The number of carboxylic acids is 1. The van der Waals surface area contributed by atoms with Gasteiger partial charge in [0, 0.05) is 55.4 Å². The van der Waals surface area contributed by atoms with E-state index in [1.165, 1.54) is 0 Å². The molecular weight excluding hydrogens is 330 g/mol. The summed E-state index contributed by atoms with van der Waals surface area (Å²) in [7, 11) is 0. The number of carbonyl (C=O) groups excluding carboxylic acids is 1. The second-order valence-electron chi connectivity index (χ2n) is 7.90. The monoisotopic (exact) mass is 361 g/mol. The molecule has 0 atom stereocenters. The van der Waals surface area contributed by atoms with Gasteiger partial charge in [-0.1, -0.05) is 0 Å². The number of amides is 1. The van der Waals surface area contributed by atoms with Gasteiger partial charge in [0.2, 0.25) is 0 Å². The van der Waals surface area contributed by atoms with Crippen LogP contribution in [0, 0.1) is 0 Å². The molecule has 2 N–H and O–H groups in total. The Labute approximate surface area is 156 Å². The average molecular weight is 361 g/mol. The largest absolute Gasteiger partial charge is 0.481 e. The number of aliphatic carboxylic acids is 1. The Morgan fingerprint density at radius 1 is 1.12 bits per heavy atom. The molecule has 1 amide bonds. The summed E-state index contributed by atoms with van der Waals surface area (Å²) in [6.07, 6.45) is 0.431. The number of carboxylic acid groups (broad SMARTS) is 1. The number of hydrogen-bond donors (Lipinski definition) is 2. The minimum Gasteiger partial charge on any atom is -0.481 e. The molecule has 26 heavy (non-hydrogen) atoms. The molecule has 1 fully saturated rings. The maximum absolute atomic E-state index is 12.4. The molecule has 6 nitrogen and oxygen atoms in total. The summed E-state index contributed by atoms with van der Waals surface area (Å²) in [4.78, 5) is 28.0. The van der Waals surface area contributed by atoms with Gasteiger partial charge < -0.3 is 15.3 Å². The lowest BCUT2D eigenvalue weighted by Crippen LogP contribution is -2.48. The van der Waals surface area contributed by atoms with E-state index < -0.39 is 11.5 Å². The van der Waals surface area contributed by atoms with Crippen LogP contribution in [0.3, 0.4) is 0 Å². The van der Waals surface area contributed by atoms with Gasteiger partial charge in [0.05, 0.1) is 0 Å². The van der Waals surface area contributed by atoms with E-state index in [4.69, 9.17) is 5.11 Å². The highest BCUT2D eigenvalue weighted by molar-refractivity contribution is 5.95. The molecule has 0 aliphatic carbocycles. The van der Waals surface area contributed by atoms with Gasteiger partial charge in [-0.05, 0) is 58.4 Å². The third-order valence-electron chi connectivity index (χ3n) is 4.95. The number of rotatable bonds is 7. The second kappa shape index (κ2) is 8.54. The van der Waals surface area contributed by atoms with Crippen molar-refractivity contribution in [2.75, 3.05) is 31.1 Å². The fourth-order valence-corrected chi connectivity index (χ4v) is 3.18. The Bertz CT molecular complexity index is 618. The first kappa shape index (κ1) is 20.2. The first-order chi connectivity index (χ1) is 12.2. The summed E-state index contributed by atoms with van der Waals surface area (Å²) in [5.74, 6) is -1.02. The van der Waals surface area contributed by atoms with Crippen LogP contribution in [0.25, 0.3) is 0 Å². The molecule has 0 spiro atoms. The molecule has 144 valence electrons. The molecule has 1 saturated heterocycles. The van der Waals surface area contributed by atoms with Crippen molar-refractivity contribution in [1.82, 2.24) is 10.2 Å². The van der Waals surface area contributed by atoms with Crippen molar-refractivity contribution in [1.29, 1.82) is 0 Å². The number of carbonyl (C=O) groups is 2. The van der Waals surface area contributed by atoms with Crippen LogP contribution >= 0.6 is 0 Å². The first-order valence-electron chi connectivity index (χ1n) is 9.31. The van der Waals surface area contributed by atoms with Gasteiger partial charge in [-0.3, -0.25) is 14.5 Å². The van der Waals surface area contributed by atoms with Gasteiger partial charge in [0.15, 0.2) is 0 Å². The number of piperazine rings is 1. The van der Waals surface area contributed by atoms with Crippen molar-refractivity contribution < 1.29 is 14.7 Å². The van der Waals surface area contributed by atoms with E-state index in [1.54, 1.807) is 0 Å². The number of hydrogen-bond acceptors (Lipinski definition) is 4. The average Bonchev–Trinajstić information content (AvgIpc) is 2.60. The minimum atomic E-state index is -0.853. The van der Waals surface area contributed by atoms with Gasteiger partial charge in [0.1, 0.15) is 0 Å². The summed E-state index contributed by atoms with van der Waals surface area (Å²) in [5, 5.41) is 11.7. The Morgan fingerprint density at radius 3 is 2.19 bits per heavy atom. The standard InChI is InChI=1S/C20H31N3O3/c1-15(2)22-11-13-23(14-12-22)17-7-5-16(6-8-17)19(26)21-20(3,4)10-9-18(24)25/h5-8,15H,9-14H2,1-4H3,(H,21,26)(H,24,25). The molecule has 6 heteroatoms. The van der Waals surface area contributed by atoms with Crippen LogP contribution in [0.5, 0.6) is 0 Å². The third kappa shape index (κ3) is 5.73. The molecule has 1 aromatic rings. The Morgan fingerprint density at radius 2 is 1.69 bits per heavy atom. The fraction of sp³-hybridized carbons (Fsp3) is 0.600. The van der Waals surface area contributed by atoms with Crippen molar-refractivity contribution in [3.63, 3.8) is 0 Å². The van der Waals surface area contributed by atoms with E-state index in [1.807, 2.05) is 38.1 Å². The van der Waals surface area contributed by atoms with E-state index in [0.29, 0.717) is 18.0 Å². The summed E-state index contributed by atoms with van der Waals surface area (Å²) < 4.78 is 0. The van der Waals surface area contributed by atoms with E-state index in [0.717, 1.165) is 31.9 Å².